The summed E-state index contributed by atoms with van der Waals surface area (Å²) in [5.41, 5.74) is 0. The molecule has 1 aromatic heterocycles. The molecule has 1 aromatic rings. The molecule has 0 aliphatic heterocycles. The number of rotatable bonds is 4. The second kappa shape index (κ2) is 4.94. The van der Waals surface area contributed by atoms with E-state index in [0.29, 0.717) is 6.04 Å². The number of hydrogen-bond donors (Lipinski definition) is 1. The molecule has 0 unspecified atom stereocenters. The normalized spacial score (nSPS) is 20.1. The van der Waals surface area contributed by atoms with Crippen molar-refractivity contribution in [3.63, 3.8) is 0 Å². The van der Waals surface area contributed by atoms with E-state index in [0.717, 1.165) is 5.92 Å². The molecule has 1 N–H and O–H groups in total. The van der Waals surface area contributed by atoms with Crippen LogP contribution in [-0.2, 0) is 0 Å². The smallest absolute Gasteiger partial charge is 0.0386 e. The van der Waals surface area contributed by atoms with Crippen LogP contribution in [0.1, 0.15) is 43.5 Å². The van der Waals surface area contributed by atoms with Gasteiger partial charge in [0.15, 0.2) is 0 Å². The van der Waals surface area contributed by atoms with Crippen LogP contribution in [0, 0.1) is 5.92 Å². The molecule has 1 aliphatic rings. The summed E-state index contributed by atoms with van der Waals surface area (Å²) < 4.78 is 0. The van der Waals surface area contributed by atoms with Crippen LogP contribution in [0.2, 0.25) is 0 Å². The molecule has 1 aliphatic carbocycles. The van der Waals surface area contributed by atoms with E-state index in [2.05, 4.69) is 29.8 Å². The summed E-state index contributed by atoms with van der Waals surface area (Å²) in [6.45, 7) is 3.47. The Morgan fingerprint density at radius 3 is 2.93 bits per heavy atom. The van der Waals surface area contributed by atoms with Gasteiger partial charge in [-0.05, 0) is 43.7 Å². The van der Waals surface area contributed by atoms with Crippen LogP contribution in [0.4, 0.5) is 0 Å². The van der Waals surface area contributed by atoms with Gasteiger partial charge in [0.2, 0.25) is 0 Å². The van der Waals surface area contributed by atoms with Gasteiger partial charge in [-0.25, -0.2) is 0 Å². The first kappa shape index (κ1) is 10.2. The van der Waals surface area contributed by atoms with Gasteiger partial charge in [0.1, 0.15) is 0 Å². The molecule has 0 aromatic carbocycles. The lowest BCUT2D eigenvalue weighted by Gasteiger charge is -2.15. The minimum Gasteiger partial charge on any atom is -0.309 e. The van der Waals surface area contributed by atoms with Gasteiger partial charge in [-0.3, -0.25) is 0 Å². The highest BCUT2D eigenvalue weighted by atomic mass is 32.1. The number of nitrogens with one attached hydrogen (secondary N) is 1. The Kier molecular flexibility index (Phi) is 3.60. The van der Waals surface area contributed by atoms with E-state index in [4.69, 9.17) is 0 Å². The molecule has 0 amide bonds. The van der Waals surface area contributed by atoms with Crippen molar-refractivity contribution < 1.29 is 0 Å². The second-order valence-corrected chi connectivity index (χ2v) is 5.28. The topological polar surface area (TPSA) is 12.0 Å². The highest BCUT2D eigenvalue weighted by Crippen LogP contribution is 2.25. The molecule has 1 fully saturated rings. The van der Waals surface area contributed by atoms with E-state index in [-0.39, 0.29) is 0 Å². The molecule has 0 radical (unpaired) electrons. The summed E-state index contributed by atoms with van der Waals surface area (Å²) in [7, 11) is 0. The summed E-state index contributed by atoms with van der Waals surface area (Å²) in [5.74, 6) is 0.942. The fraction of sp³-hybridized carbons (Fsp3) is 0.667. The summed E-state index contributed by atoms with van der Waals surface area (Å²) in [6, 6.07) is 4.89. The summed E-state index contributed by atoms with van der Waals surface area (Å²) in [5, 5.41) is 5.79. The number of hydrogen-bond acceptors (Lipinski definition) is 2. The zero-order chi connectivity index (χ0) is 9.80. The maximum atomic E-state index is 3.64. The standard InChI is InChI=1S/C12H19NS/c1-10(12-7-4-8-14-12)13-9-11-5-2-3-6-11/h4,7-8,10-11,13H,2-3,5-6,9H2,1H3/t10-/m1/s1. The molecular weight excluding hydrogens is 190 g/mol. The lowest BCUT2D eigenvalue weighted by molar-refractivity contribution is 0.455. The molecule has 1 heterocycles. The lowest BCUT2D eigenvalue weighted by Crippen LogP contribution is -2.23. The van der Waals surface area contributed by atoms with Crippen molar-refractivity contribution >= 4 is 11.3 Å². The van der Waals surface area contributed by atoms with Crippen LogP contribution >= 0.6 is 11.3 Å². The molecule has 1 saturated carbocycles. The first-order chi connectivity index (χ1) is 6.86. The Bertz CT molecular complexity index is 249. The monoisotopic (exact) mass is 209 g/mol. The first-order valence-electron chi connectivity index (χ1n) is 5.63. The SMILES string of the molecule is C[C@@H](NCC1CCCC1)c1cccs1. The van der Waals surface area contributed by atoms with E-state index in [1.165, 1.54) is 37.1 Å². The Balaban J connectivity index is 1.74. The van der Waals surface area contributed by atoms with Gasteiger partial charge in [-0.15, -0.1) is 11.3 Å². The molecule has 2 heteroatoms. The third-order valence-electron chi connectivity index (χ3n) is 3.16. The Morgan fingerprint density at radius 1 is 1.50 bits per heavy atom. The molecule has 2 rings (SSSR count). The molecule has 0 saturated heterocycles. The van der Waals surface area contributed by atoms with Crippen LogP contribution in [0.3, 0.4) is 0 Å². The fourth-order valence-electron chi connectivity index (χ4n) is 2.20. The third-order valence-corrected chi connectivity index (χ3v) is 4.21. The molecular formula is C12H19NS. The Labute approximate surface area is 90.5 Å². The lowest BCUT2D eigenvalue weighted by atomic mass is 10.1. The minimum atomic E-state index is 0.538. The molecule has 78 valence electrons. The van der Waals surface area contributed by atoms with Crippen LogP contribution < -0.4 is 5.32 Å². The van der Waals surface area contributed by atoms with E-state index in [1.54, 1.807) is 0 Å². The summed E-state index contributed by atoms with van der Waals surface area (Å²) in [4.78, 5) is 1.46. The van der Waals surface area contributed by atoms with Crippen molar-refractivity contribution in [3.05, 3.63) is 22.4 Å². The molecule has 1 atom stereocenters. The van der Waals surface area contributed by atoms with E-state index >= 15 is 0 Å². The zero-order valence-corrected chi connectivity index (χ0v) is 9.65. The molecule has 0 spiro atoms. The zero-order valence-electron chi connectivity index (χ0n) is 8.83. The predicted octanol–water partition coefficient (Wildman–Crippen LogP) is 3.59. The number of thiophene rings is 1. The summed E-state index contributed by atoms with van der Waals surface area (Å²) >= 11 is 1.85. The van der Waals surface area contributed by atoms with Gasteiger partial charge in [-0.1, -0.05) is 18.9 Å². The molecule has 0 bridgehead atoms. The van der Waals surface area contributed by atoms with Gasteiger partial charge in [-0.2, -0.15) is 0 Å². The van der Waals surface area contributed by atoms with Crippen LogP contribution in [0.25, 0.3) is 0 Å². The van der Waals surface area contributed by atoms with Crippen LogP contribution in [0.15, 0.2) is 17.5 Å². The van der Waals surface area contributed by atoms with Gasteiger partial charge in [0.25, 0.3) is 0 Å². The van der Waals surface area contributed by atoms with Crippen molar-refractivity contribution in [2.45, 2.75) is 38.6 Å². The predicted molar refractivity (Wildman–Crippen MR) is 62.7 cm³/mol. The van der Waals surface area contributed by atoms with Crippen LogP contribution in [-0.4, -0.2) is 6.54 Å². The van der Waals surface area contributed by atoms with Gasteiger partial charge < -0.3 is 5.32 Å². The minimum absolute atomic E-state index is 0.538. The van der Waals surface area contributed by atoms with Crippen molar-refractivity contribution in [1.82, 2.24) is 5.32 Å². The average Bonchev–Trinajstić information content (AvgIpc) is 2.87. The Morgan fingerprint density at radius 2 is 2.29 bits per heavy atom. The largest absolute Gasteiger partial charge is 0.309 e. The van der Waals surface area contributed by atoms with Gasteiger partial charge in [0, 0.05) is 10.9 Å². The fourth-order valence-corrected chi connectivity index (χ4v) is 2.96. The molecule has 14 heavy (non-hydrogen) atoms. The van der Waals surface area contributed by atoms with Crippen molar-refractivity contribution in [1.29, 1.82) is 0 Å². The van der Waals surface area contributed by atoms with E-state index < -0.39 is 0 Å². The highest BCUT2D eigenvalue weighted by molar-refractivity contribution is 7.10. The van der Waals surface area contributed by atoms with Crippen molar-refractivity contribution in [3.8, 4) is 0 Å². The van der Waals surface area contributed by atoms with Gasteiger partial charge in [0.05, 0.1) is 0 Å². The maximum absolute atomic E-state index is 3.64. The van der Waals surface area contributed by atoms with E-state index in [1.807, 2.05) is 11.3 Å². The molecule has 1 nitrogen and oxygen atoms in total. The van der Waals surface area contributed by atoms with E-state index in [9.17, 15) is 0 Å². The van der Waals surface area contributed by atoms with Gasteiger partial charge >= 0.3 is 0 Å². The maximum Gasteiger partial charge on any atom is 0.0386 e. The van der Waals surface area contributed by atoms with Crippen molar-refractivity contribution in [2.75, 3.05) is 6.54 Å². The third kappa shape index (κ3) is 2.58. The quantitative estimate of drug-likeness (QED) is 0.799. The average molecular weight is 209 g/mol. The Hall–Kier alpha value is -0.340. The van der Waals surface area contributed by atoms with Crippen molar-refractivity contribution in [2.24, 2.45) is 5.92 Å². The summed E-state index contributed by atoms with van der Waals surface area (Å²) in [6.07, 6.45) is 5.76. The first-order valence-corrected chi connectivity index (χ1v) is 6.51. The highest BCUT2D eigenvalue weighted by Gasteiger charge is 2.15. The van der Waals surface area contributed by atoms with Crippen LogP contribution in [0.5, 0.6) is 0 Å². The second-order valence-electron chi connectivity index (χ2n) is 4.30.